The minimum atomic E-state index is -0.573. The van der Waals surface area contributed by atoms with Crippen molar-refractivity contribution in [3.63, 3.8) is 0 Å². The van der Waals surface area contributed by atoms with Crippen molar-refractivity contribution in [2.24, 2.45) is 0 Å². The van der Waals surface area contributed by atoms with Crippen LogP contribution in [0.25, 0.3) is 0 Å². The summed E-state index contributed by atoms with van der Waals surface area (Å²) in [6.07, 6.45) is 0.666. The standard InChI is InChI=1S/C28H26N2O4S/c1-4-16-34-28(33)21-12-8-9-13-23(21)30-26(31)24(29-22-15-14-18(2)17-19(22)3)25(27(30)32)35-20-10-6-5-7-11-20/h5-15,17,29H,4,16H2,1-3H3. The molecule has 0 atom stereocenters. The molecule has 1 aliphatic rings. The third-order valence-corrected chi connectivity index (χ3v) is 6.54. The molecule has 0 bridgehead atoms. The zero-order valence-corrected chi connectivity index (χ0v) is 20.6. The molecule has 1 N–H and O–H groups in total. The van der Waals surface area contributed by atoms with Crippen LogP contribution >= 0.6 is 11.8 Å². The molecule has 178 valence electrons. The normalized spacial score (nSPS) is 13.4. The number of anilines is 2. The third kappa shape index (κ3) is 5.15. The number of aryl methyl sites for hydroxylation is 2. The van der Waals surface area contributed by atoms with E-state index in [4.69, 9.17) is 4.74 Å². The van der Waals surface area contributed by atoms with Gasteiger partial charge in [-0.2, -0.15) is 0 Å². The Balaban J connectivity index is 1.76. The van der Waals surface area contributed by atoms with E-state index in [9.17, 15) is 14.4 Å². The van der Waals surface area contributed by atoms with Crippen LogP contribution in [0.5, 0.6) is 0 Å². The second-order valence-electron chi connectivity index (χ2n) is 8.16. The highest BCUT2D eigenvalue weighted by molar-refractivity contribution is 8.04. The van der Waals surface area contributed by atoms with Gasteiger partial charge in [-0.05, 0) is 56.2 Å². The zero-order valence-electron chi connectivity index (χ0n) is 19.8. The molecule has 3 aromatic carbocycles. The molecule has 0 fully saturated rings. The summed E-state index contributed by atoms with van der Waals surface area (Å²) in [6.45, 7) is 6.09. The Kier molecular flexibility index (Phi) is 7.36. The van der Waals surface area contributed by atoms with E-state index in [0.717, 1.165) is 26.6 Å². The quantitative estimate of drug-likeness (QED) is 0.318. The molecule has 0 saturated carbocycles. The summed E-state index contributed by atoms with van der Waals surface area (Å²) in [5.74, 6) is -1.59. The van der Waals surface area contributed by atoms with Crippen molar-refractivity contribution in [2.45, 2.75) is 32.1 Å². The van der Waals surface area contributed by atoms with Gasteiger partial charge in [-0.15, -0.1) is 0 Å². The monoisotopic (exact) mass is 486 g/mol. The Bertz CT molecular complexity index is 1320. The fraction of sp³-hybridized carbons (Fsp3) is 0.179. The van der Waals surface area contributed by atoms with Gasteiger partial charge < -0.3 is 10.1 Å². The number of nitrogens with one attached hydrogen (secondary N) is 1. The summed E-state index contributed by atoms with van der Waals surface area (Å²) in [5, 5.41) is 3.20. The number of thioether (sulfide) groups is 1. The van der Waals surface area contributed by atoms with Gasteiger partial charge in [0.15, 0.2) is 0 Å². The first-order valence-electron chi connectivity index (χ1n) is 11.4. The molecule has 0 saturated heterocycles. The summed E-state index contributed by atoms with van der Waals surface area (Å²) in [7, 11) is 0. The van der Waals surface area contributed by atoms with E-state index in [1.165, 1.54) is 11.8 Å². The number of esters is 1. The van der Waals surface area contributed by atoms with Crippen LogP contribution in [0, 0.1) is 13.8 Å². The van der Waals surface area contributed by atoms with Gasteiger partial charge in [-0.3, -0.25) is 9.59 Å². The molecule has 7 heteroatoms. The molecule has 0 aliphatic carbocycles. The summed E-state index contributed by atoms with van der Waals surface area (Å²) in [4.78, 5) is 42.2. The van der Waals surface area contributed by atoms with E-state index in [-0.39, 0.29) is 28.5 Å². The molecule has 4 rings (SSSR count). The van der Waals surface area contributed by atoms with Crippen LogP contribution < -0.4 is 10.2 Å². The van der Waals surface area contributed by atoms with Gasteiger partial charge in [0.25, 0.3) is 11.8 Å². The number of hydrogen-bond donors (Lipinski definition) is 1. The number of rotatable bonds is 8. The van der Waals surface area contributed by atoms with Gasteiger partial charge in [-0.1, -0.05) is 66.7 Å². The molecule has 1 aliphatic heterocycles. The van der Waals surface area contributed by atoms with Gasteiger partial charge in [0.2, 0.25) is 0 Å². The number of imide groups is 1. The fourth-order valence-electron chi connectivity index (χ4n) is 3.74. The summed E-state index contributed by atoms with van der Waals surface area (Å²) in [5.41, 5.74) is 3.31. The first-order chi connectivity index (χ1) is 16.9. The number of para-hydroxylation sites is 1. The highest BCUT2D eigenvalue weighted by Gasteiger charge is 2.41. The molecule has 0 aromatic heterocycles. The lowest BCUT2D eigenvalue weighted by Crippen LogP contribution is -2.33. The lowest BCUT2D eigenvalue weighted by molar-refractivity contribution is -0.120. The molecule has 0 spiro atoms. The molecule has 0 radical (unpaired) electrons. The van der Waals surface area contributed by atoms with E-state index >= 15 is 0 Å². The topological polar surface area (TPSA) is 75.7 Å². The Morgan fingerprint density at radius 2 is 1.66 bits per heavy atom. The van der Waals surface area contributed by atoms with Crippen molar-refractivity contribution in [3.8, 4) is 0 Å². The van der Waals surface area contributed by atoms with Crippen LogP contribution in [0.3, 0.4) is 0 Å². The van der Waals surface area contributed by atoms with Crippen molar-refractivity contribution in [1.82, 2.24) is 0 Å². The number of carbonyl (C=O) groups excluding carboxylic acids is 3. The molecular formula is C28H26N2O4S. The second-order valence-corrected chi connectivity index (χ2v) is 9.25. The van der Waals surface area contributed by atoms with E-state index < -0.39 is 17.8 Å². The summed E-state index contributed by atoms with van der Waals surface area (Å²) >= 11 is 1.21. The Labute approximate surface area is 209 Å². The fourth-order valence-corrected chi connectivity index (χ4v) is 4.69. The number of benzene rings is 3. The van der Waals surface area contributed by atoms with Crippen molar-refractivity contribution >= 4 is 40.9 Å². The van der Waals surface area contributed by atoms with E-state index in [1.54, 1.807) is 24.3 Å². The average molecular weight is 487 g/mol. The van der Waals surface area contributed by atoms with Gasteiger partial charge in [-0.25, -0.2) is 9.69 Å². The van der Waals surface area contributed by atoms with Crippen LogP contribution in [0.2, 0.25) is 0 Å². The number of hydrogen-bond acceptors (Lipinski definition) is 6. The number of ether oxygens (including phenoxy) is 1. The number of amides is 2. The van der Waals surface area contributed by atoms with Gasteiger partial charge in [0.05, 0.1) is 17.9 Å². The van der Waals surface area contributed by atoms with Gasteiger partial charge in [0.1, 0.15) is 10.6 Å². The van der Waals surface area contributed by atoms with Gasteiger partial charge in [0, 0.05) is 10.6 Å². The smallest absolute Gasteiger partial charge is 0.340 e. The van der Waals surface area contributed by atoms with Crippen molar-refractivity contribution in [2.75, 3.05) is 16.8 Å². The highest BCUT2D eigenvalue weighted by Crippen LogP contribution is 2.39. The molecule has 0 unspecified atom stereocenters. The predicted octanol–water partition coefficient (Wildman–Crippen LogP) is 5.86. The van der Waals surface area contributed by atoms with E-state index in [2.05, 4.69) is 5.32 Å². The van der Waals surface area contributed by atoms with Crippen molar-refractivity contribution in [3.05, 3.63) is 100 Å². The minimum Gasteiger partial charge on any atom is -0.462 e. The first-order valence-corrected chi connectivity index (χ1v) is 12.2. The van der Waals surface area contributed by atoms with E-state index in [1.807, 2.05) is 69.3 Å². The zero-order chi connectivity index (χ0) is 24.9. The SMILES string of the molecule is CCCOC(=O)c1ccccc1N1C(=O)C(Nc2ccc(C)cc2C)=C(Sc2ccccc2)C1=O. The maximum atomic E-state index is 13.7. The summed E-state index contributed by atoms with van der Waals surface area (Å²) < 4.78 is 5.30. The average Bonchev–Trinajstić information content (AvgIpc) is 3.08. The Hall–Kier alpha value is -3.84. The molecule has 1 heterocycles. The Morgan fingerprint density at radius 1 is 0.943 bits per heavy atom. The number of carbonyl (C=O) groups is 3. The molecule has 3 aromatic rings. The van der Waals surface area contributed by atoms with Crippen LogP contribution in [-0.4, -0.2) is 24.4 Å². The van der Waals surface area contributed by atoms with E-state index in [0.29, 0.717) is 6.42 Å². The van der Waals surface area contributed by atoms with Crippen LogP contribution in [0.15, 0.2) is 88.3 Å². The molecule has 2 amide bonds. The molecule has 35 heavy (non-hydrogen) atoms. The third-order valence-electron chi connectivity index (χ3n) is 5.45. The molecule has 6 nitrogen and oxygen atoms in total. The van der Waals surface area contributed by atoms with Crippen LogP contribution in [0.4, 0.5) is 11.4 Å². The van der Waals surface area contributed by atoms with Gasteiger partial charge >= 0.3 is 5.97 Å². The largest absolute Gasteiger partial charge is 0.462 e. The van der Waals surface area contributed by atoms with Crippen LogP contribution in [-0.2, 0) is 14.3 Å². The molecular weight excluding hydrogens is 460 g/mol. The lowest BCUT2D eigenvalue weighted by atomic mass is 10.1. The highest BCUT2D eigenvalue weighted by atomic mass is 32.2. The van der Waals surface area contributed by atoms with Crippen molar-refractivity contribution in [1.29, 1.82) is 0 Å². The Morgan fingerprint density at radius 3 is 2.37 bits per heavy atom. The maximum Gasteiger partial charge on any atom is 0.340 e. The predicted molar refractivity (Wildman–Crippen MR) is 138 cm³/mol. The maximum absolute atomic E-state index is 13.7. The second kappa shape index (κ2) is 10.6. The minimum absolute atomic E-state index is 0.166. The lowest BCUT2D eigenvalue weighted by Gasteiger charge is -2.18. The first kappa shape index (κ1) is 24.3. The van der Waals surface area contributed by atoms with Crippen molar-refractivity contribution < 1.29 is 19.1 Å². The summed E-state index contributed by atoms with van der Waals surface area (Å²) in [6, 6.07) is 21.7. The number of nitrogens with zero attached hydrogens (tertiary/aromatic N) is 1. The van der Waals surface area contributed by atoms with Crippen LogP contribution in [0.1, 0.15) is 34.8 Å².